The molecule has 2 amide bonds. The van der Waals surface area contributed by atoms with Gasteiger partial charge in [0.2, 0.25) is 11.8 Å². The molecule has 0 bridgehead atoms. The molecule has 1 aromatic carbocycles. The Labute approximate surface area is 140 Å². The van der Waals surface area contributed by atoms with Crippen molar-refractivity contribution in [3.8, 4) is 11.3 Å². The van der Waals surface area contributed by atoms with Gasteiger partial charge in [-0.05, 0) is 19.1 Å². The Morgan fingerprint density at radius 1 is 1.41 bits per heavy atom. The number of primary amides is 1. The van der Waals surface area contributed by atoms with Crippen LogP contribution in [0.4, 0.5) is 5.13 Å². The standard InChI is InChI=1S/C15H14BrN3O2S/c1-8-13(9-2-4-11(16)5-3-9)18-15(22-8)19-7-10(14(17)21)6-12(19)20/h2-5,10H,6-7H2,1H3,(H2,17,21). The Hall–Kier alpha value is -1.73. The molecule has 2 heterocycles. The van der Waals surface area contributed by atoms with Crippen molar-refractivity contribution in [1.29, 1.82) is 0 Å². The highest BCUT2D eigenvalue weighted by atomic mass is 79.9. The molecule has 5 nitrogen and oxygen atoms in total. The third-order valence-electron chi connectivity index (χ3n) is 3.66. The second kappa shape index (κ2) is 5.81. The third-order valence-corrected chi connectivity index (χ3v) is 5.18. The van der Waals surface area contributed by atoms with Crippen molar-refractivity contribution in [2.75, 3.05) is 11.4 Å². The zero-order valence-corrected chi connectivity index (χ0v) is 14.3. The van der Waals surface area contributed by atoms with Gasteiger partial charge in [0.05, 0.1) is 11.6 Å². The van der Waals surface area contributed by atoms with Gasteiger partial charge in [0.1, 0.15) is 0 Å². The molecule has 3 rings (SSSR count). The summed E-state index contributed by atoms with van der Waals surface area (Å²) in [6.45, 7) is 2.30. The number of rotatable bonds is 3. The van der Waals surface area contributed by atoms with Crippen molar-refractivity contribution in [2.24, 2.45) is 11.7 Å². The van der Waals surface area contributed by atoms with E-state index >= 15 is 0 Å². The van der Waals surface area contributed by atoms with Crippen LogP contribution in [-0.2, 0) is 9.59 Å². The lowest BCUT2D eigenvalue weighted by molar-refractivity contribution is -0.123. The predicted octanol–water partition coefficient (Wildman–Crippen LogP) is 2.72. The van der Waals surface area contributed by atoms with Gasteiger partial charge in [-0.2, -0.15) is 0 Å². The molecule has 0 aliphatic carbocycles. The number of carbonyl (C=O) groups excluding carboxylic acids is 2. The van der Waals surface area contributed by atoms with Crippen LogP contribution in [0.1, 0.15) is 11.3 Å². The summed E-state index contributed by atoms with van der Waals surface area (Å²) in [4.78, 5) is 30.5. The van der Waals surface area contributed by atoms with Gasteiger partial charge in [-0.1, -0.05) is 28.1 Å². The highest BCUT2D eigenvalue weighted by Gasteiger charge is 2.35. The fourth-order valence-corrected chi connectivity index (χ4v) is 3.68. The predicted molar refractivity (Wildman–Crippen MR) is 89.6 cm³/mol. The molecule has 0 saturated carbocycles. The zero-order valence-electron chi connectivity index (χ0n) is 11.9. The molecule has 1 unspecified atom stereocenters. The summed E-state index contributed by atoms with van der Waals surface area (Å²) in [5.74, 6) is -0.954. The van der Waals surface area contributed by atoms with Gasteiger partial charge in [0.15, 0.2) is 5.13 Å². The Morgan fingerprint density at radius 2 is 2.09 bits per heavy atom. The molecule has 2 aromatic rings. The molecule has 7 heteroatoms. The highest BCUT2D eigenvalue weighted by molar-refractivity contribution is 9.10. The lowest BCUT2D eigenvalue weighted by Gasteiger charge is -2.11. The largest absolute Gasteiger partial charge is 0.369 e. The van der Waals surface area contributed by atoms with Crippen molar-refractivity contribution in [3.05, 3.63) is 33.6 Å². The summed E-state index contributed by atoms with van der Waals surface area (Å²) in [6.07, 6.45) is 0.168. The van der Waals surface area contributed by atoms with E-state index in [1.165, 1.54) is 11.3 Å². The molecule has 1 fully saturated rings. The average Bonchev–Trinajstić information content (AvgIpc) is 3.03. The van der Waals surface area contributed by atoms with Crippen LogP contribution in [0, 0.1) is 12.8 Å². The van der Waals surface area contributed by atoms with E-state index in [-0.39, 0.29) is 12.3 Å². The maximum atomic E-state index is 12.1. The number of hydrogen-bond donors (Lipinski definition) is 1. The molecule has 2 N–H and O–H groups in total. The van der Waals surface area contributed by atoms with E-state index in [0.717, 1.165) is 20.6 Å². The first-order chi connectivity index (χ1) is 10.5. The fraction of sp³-hybridized carbons (Fsp3) is 0.267. The lowest BCUT2D eigenvalue weighted by atomic mass is 10.1. The van der Waals surface area contributed by atoms with E-state index in [0.29, 0.717) is 11.7 Å². The number of amides is 2. The number of nitrogens with two attached hydrogens (primary N) is 1. The smallest absolute Gasteiger partial charge is 0.229 e. The molecule has 1 aliphatic rings. The van der Waals surface area contributed by atoms with Crippen LogP contribution in [0.5, 0.6) is 0 Å². The average molecular weight is 380 g/mol. The first-order valence-corrected chi connectivity index (χ1v) is 8.39. The number of benzene rings is 1. The summed E-state index contributed by atoms with van der Waals surface area (Å²) in [5, 5.41) is 0.629. The molecular formula is C15H14BrN3O2S. The van der Waals surface area contributed by atoms with Crippen LogP contribution < -0.4 is 10.6 Å². The van der Waals surface area contributed by atoms with Crippen LogP contribution in [-0.4, -0.2) is 23.3 Å². The number of halogens is 1. The van der Waals surface area contributed by atoms with Crippen molar-refractivity contribution in [1.82, 2.24) is 4.98 Å². The van der Waals surface area contributed by atoms with Crippen molar-refractivity contribution in [3.63, 3.8) is 0 Å². The van der Waals surface area contributed by atoms with Gasteiger partial charge in [-0.25, -0.2) is 4.98 Å². The minimum absolute atomic E-state index is 0.0973. The minimum Gasteiger partial charge on any atom is -0.369 e. The maximum Gasteiger partial charge on any atom is 0.229 e. The number of anilines is 1. The van der Waals surface area contributed by atoms with Gasteiger partial charge in [-0.15, -0.1) is 11.3 Å². The first-order valence-electron chi connectivity index (χ1n) is 6.78. The molecule has 22 heavy (non-hydrogen) atoms. The van der Waals surface area contributed by atoms with Crippen molar-refractivity contribution >= 4 is 44.2 Å². The molecule has 1 aromatic heterocycles. The molecular weight excluding hydrogens is 366 g/mol. The molecule has 1 atom stereocenters. The zero-order chi connectivity index (χ0) is 15.9. The lowest BCUT2D eigenvalue weighted by Crippen LogP contribution is -2.28. The van der Waals surface area contributed by atoms with E-state index in [2.05, 4.69) is 20.9 Å². The number of aromatic nitrogens is 1. The number of aryl methyl sites for hydroxylation is 1. The van der Waals surface area contributed by atoms with E-state index in [1.807, 2.05) is 31.2 Å². The second-order valence-electron chi connectivity index (χ2n) is 5.22. The normalized spacial score (nSPS) is 18.0. The maximum absolute atomic E-state index is 12.1. The van der Waals surface area contributed by atoms with Crippen LogP contribution in [0.25, 0.3) is 11.3 Å². The Balaban J connectivity index is 1.91. The van der Waals surface area contributed by atoms with E-state index in [4.69, 9.17) is 5.73 Å². The fourth-order valence-electron chi connectivity index (χ4n) is 2.46. The van der Waals surface area contributed by atoms with Gasteiger partial charge in [0.25, 0.3) is 0 Å². The van der Waals surface area contributed by atoms with Crippen LogP contribution >= 0.6 is 27.3 Å². The number of nitrogens with zero attached hydrogens (tertiary/aromatic N) is 2. The summed E-state index contributed by atoms with van der Waals surface area (Å²) < 4.78 is 1.00. The summed E-state index contributed by atoms with van der Waals surface area (Å²) >= 11 is 4.87. The van der Waals surface area contributed by atoms with Gasteiger partial charge in [0, 0.05) is 27.9 Å². The molecule has 114 valence electrons. The van der Waals surface area contributed by atoms with E-state index < -0.39 is 11.8 Å². The van der Waals surface area contributed by atoms with Gasteiger partial charge >= 0.3 is 0 Å². The number of carbonyl (C=O) groups is 2. The Bertz CT molecular complexity index is 742. The van der Waals surface area contributed by atoms with Gasteiger partial charge in [-0.3, -0.25) is 14.5 Å². The first kappa shape index (κ1) is 15.2. The highest BCUT2D eigenvalue weighted by Crippen LogP contribution is 2.35. The molecule has 0 radical (unpaired) electrons. The van der Waals surface area contributed by atoms with Gasteiger partial charge < -0.3 is 5.73 Å². The monoisotopic (exact) mass is 379 g/mol. The van der Waals surface area contributed by atoms with E-state index in [1.54, 1.807) is 4.90 Å². The molecule has 1 aliphatic heterocycles. The van der Waals surface area contributed by atoms with E-state index in [9.17, 15) is 9.59 Å². The topological polar surface area (TPSA) is 76.3 Å². The summed E-state index contributed by atoms with van der Waals surface area (Å²) in [7, 11) is 0. The SMILES string of the molecule is Cc1sc(N2CC(C(N)=O)CC2=O)nc1-c1ccc(Br)cc1. The number of hydrogen-bond acceptors (Lipinski definition) is 4. The van der Waals surface area contributed by atoms with Crippen LogP contribution in [0.15, 0.2) is 28.7 Å². The van der Waals surface area contributed by atoms with Crippen LogP contribution in [0.2, 0.25) is 0 Å². The molecule has 0 spiro atoms. The molecule has 1 saturated heterocycles. The Morgan fingerprint density at radius 3 is 2.68 bits per heavy atom. The minimum atomic E-state index is -0.433. The second-order valence-corrected chi connectivity index (χ2v) is 7.31. The van der Waals surface area contributed by atoms with Crippen molar-refractivity contribution < 1.29 is 9.59 Å². The third kappa shape index (κ3) is 2.78. The summed E-state index contributed by atoms with van der Waals surface area (Å²) in [6, 6.07) is 7.87. The summed E-state index contributed by atoms with van der Waals surface area (Å²) in [5.41, 5.74) is 7.17. The van der Waals surface area contributed by atoms with Crippen LogP contribution in [0.3, 0.4) is 0 Å². The number of thiazole rings is 1. The Kier molecular flexibility index (Phi) is 4.01. The quantitative estimate of drug-likeness (QED) is 0.890. The van der Waals surface area contributed by atoms with Crippen molar-refractivity contribution in [2.45, 2.75) is 13.3 Å².